The highest BCUT2D eigenvalue weighted by Crippen LogP contribution is 2.64. The number of azo groups is 1. The molecule has 1 amide bonds. The number of aromatic hydroxyl groups is 1. The topological polar surface area (TPSA) is 109 Å². The molecule has 4 bridgehead atoms. The van der Waals surface area contributed by atoms with Crippen LogP contribution in [0.15, 0.2) is 34.8 Å². The van der Waals surface area contributed by atoms with Crippen LogP contribution in [-0.4, -0.2) is 30.8 Å². The fraction of sp³-hybridized carbons (Fsp3) is 0.500. The van der Waals surface area contributed by atoms with Crippen molar-refractivity contribution in [3.05, 3.63) is 35.4 Å². The molecular weight excluding hydrogens is 416 g/mol. The lowest BCUT2D eigenvalue weighted by Crippen LogP contribution is -2.58. The summed E-state index contributed by atoms with van der Waals surface area (Å²) in [6.07, 6.45) is 7.20. The van der Waals surface area contributed by atoms with E-state index in [1.807, 2.05) is 29.8 Å². The van der Waals surface area contributed by atoms with Crippen LogP contribution in [0.2, 0.25) is 5.28 Å². The Balaban J connectivity index is 1.35. The van der Waals surface area contributed by atoms with Crippen LogP contribution < -0.4 is 0 Å². The zero-order valence-electron chi connectivity index (χ0n) is 17.2. The molecule has 0 aliphatic heterocycles. The van der Waals surface area contributed by atoms with Gasteiger partial charge in [-0.1, -0.05) is 18.2 Å². The Bertz CT molecular complexity index is 1230. The molecule has 0 spiro atoms. The monoisotopic (exact) mass is 438 g/mol. The van der Waals surface area contributed by atoms with Gasteiger partial charge < -0.3 is 10.1 Å². The van der Waals surface area contributed by atoms with Crippen LogP contribution in [0.1, 0.15) is 44.1 Å². The van der Waals surface area contributed by atoms with Gasteiger partial charge in [0.2, 0.25) is 11.2 Å². The van der Waals surface area contributed by atoms with Gasteiger partial charge >= 0.3 is 0 Å². The van der Waals surface area contributed by atoms with Gasteiger partial charge in [0.25, 0.3) is 5.91 Å². The number of fused-ring (bicyclic) bond motifs is 1. The number of aromatic nitrogens is 4. The zero-order chi connectivity index (χ0) is 21.4. The van der Waals surface area contributed by atoms with E-state index >= 15 is 0 Å². The van der Waals surface area contributed by atoms with Gasteiger partial charge in [-0.05, 0) is 74.4 Å². The van der Waals surface area contributed by atoms with Gasteiger partial charge in [-0.25, -0.2) is 9.67 Å². The molecule has 160 valence electrons. The van der Waals surface area contributed by atoms with Crippen molar-refractivity contribution in [2.45, 2.75) is 51.0 Å². The average molecular weight is 439 g/mol. The molecule has 2 aromatic heterocycles. The number of H-pyrrole nitrogens is 1. The third kappa shape index (κ3) is 2.77. The van der Waals surface area contributed by atoms with Crippen molar-refractivity contribution in [1.82, 2.24) is 19.7 Å². The Hall–Kier alpha value is -2.74. The standard InChI is InChI=1S/C22H23ClN6O2/c1-12-3-2-4-15-16(12)25-18(30)17(15)26-27-19(31)21-6-13-5-14(7-21)9-22(8-13,10-21)29-11-24-20(23)28-29/h2-4,11,13-14,25,30H,5-10H2,1H3/t13-,14+,21?,22?. The second kappa shape index (κ2) is 6.38. The smallest absolute Gasteiger partial charge is 0.270 e. The maximum atomic E-state index is 13.5. The summed E-state index contributed by atoms with van der Waals surface area (Å²) in [5.41, 5.74) is 1.35. The number of aryl methyl sites for hydroxylation is 1. The number of benzene rings is 1. The molecule has 2 heterocycles. The Morgan fingerprint density at radius 2 is 2.06 bits per heavy atom. The molecule has 4 saturated carbocycles. The van der Waals surface area contributed by atoms with E-state index in [-0.39, 0.29) is 22.6 Å². The molecular formula is C22H23ClN6O2. The third-order valence-corrected chi connectivity index (χ3v) is 7.84. The maximum absolute atomic E-state index is 13.5. The van der Waals surface area contributed by atoms with Gasteiger partial charge in [0, 0.05) is 5.39 Å². The molecule has 1 aromatic carbocycles. The Labute approximate surface area is 183 Å². The molecule has 9 heteroatoms. The number of para-hydroxylation sites is 1. The predicted octanol–water partition coefficient (Wildman–Crippen LogP) is 5.03. The number of rotatable bonds is 3. The second-order valence-corrected chi connectivity index (χ2v) is 10.1. The summed E-state index contributed by atoms with van der Waals surface area (Å²) in [5.74, 6) is 0.665. The van der Waals surface area contributed by atoms with Crippen LogP contribution >= 0.6 is 11.6 Å². The molecule has 7 rings (SSSR count). The number of hydrogen-bond donors (Lipinski definition) is 2. The fourth-order valence-corrected chi connectivity index (χ4v) is 6.97. The van der Waals surface area contributed by atoms with Crippen LogP contribution in [0.3, 0.4) is 0 Å². The molecule has 2 N–H and O–H groups in total. The van der Waals surface area contributed by atoms with Crippen LogP contribution in [0.4, 0.5) is 5.69 Å². The summed E-state index contributed by atoms with van der Waals surface area (Å²) in [5, 5.41) is 24.1. The first-order valence-electron chi connectivity index (χ1n) is 10.7. The van der Waals surface area contributed by atoms with Crippen molar-refractivity contribution in [1.29, 1.82) is 0 Å². The lowest BCUT2D eigenvalue weighted by molar-refractivity contribution is -0.153. The van der Waals surface area contributed by atoms with E-state index in [0.717, 1.165) is 48.6 Å². The van der Waals surface area contributed by atoms with Gasteiger partial charge in [0.15, 0.2) is 5.69 Å². The number of aromatic amines is 1. The van der Waals surface area contributed by atoms with E-state index in [1.54, 1.807) is 6.33 Å². The Morgan fingerprint density at radius 3 is 2.77 bits per heavy atom. The number of nitrogens with zero attached hydrogens (tertiary/aromatic N) is 5. The van der Waals surface area contributed by atoms with Gasteiger partial charge in [-0.3, -0.25) is 4.79 Å². The van der Waals surface area contributed by atoms with Crippen molar-refractivity contribution in [2.24, 2.45) is 27.5 Å². The SMILES string of the molecule is Cc1cccc2c(N=NC(=O)C34C[C@H]5C[C@@H](C3)CC(n3cnc(Cl)n3)(C5)C4)c(O)[nH]c12. The van der Waals surface area contributed by atoms with Crippen molar-refractivity contribution in [2.75, 3.05) is 0 Å². The Kier molecular flexibility index (Phi) is 3.91. The van der Waals surface area contributed by atoms with Crippen molar-refractivity contribution in [3.63, 3.8) is 0 Å². The van der Waals surface area contributed by atoms with Crippen LogP contribution in [0.25, 0.3) is 10.9 Å². The highest BCUT2D eigenvalue weighted by molar-refractivity contribution is 6.28. The molecule has 0 radical (unpaired) electrons. The molecule has 4 aliphatic carbocycles. The van der Waals surface area contributed by atoms with E-state index in [2.05, 4.69) is 25.3 Å². The number of halogens is 1. The molecule has 31 heavy (non-hydrogen) atoms. The summed E-state index contributed by atoms with van der Waals surface area (Å²) >= 11 is 6.01. The summed E-state index contributed by atoms with van der Waals surface area (Å²) in [6, 6.07) is 5.72. The minimum absolute atomic E-state index is 0.0694. The fourth-order valence-electron chi connectivity index (χ4n) is 6.84. The van der Waals surface area contributed by atoms with Crippen LogP contribution in [0, 0.1) is 24.2 Å². The number of carbonyl (C=O) groups is 1. The second-order valence-electron chi connectivity index (χ2n) is 9.75. The summed E-state index contributed by atoms with van der Waals surface area (Å²) in [4.78, 5) is 20.5. The largest absolute Gasteiger partial charge is 0.493 e. The quantitative estimate of drug-likeness (QED) is 0.558. The summed E-state index contributed by atoms with van der Waals surface area (Å²) in [7, 11) is 0. The molecule has 3 aromatic rings. The minimum atomic E-state index is -0.538. The van der Waals surface area contributed by atoms with E-state index in [4.69, 9.17) is 11.6 Å². The van der Waals surface area contributed by atoms with Gasteiger partial charge in [-0.2, -0.15) is 0 Å². The van der Waals surface area contributed by atoms with E-state index < -0.39 is 5.41 Å². The first kappa shape index (κ1) is 19.0. The molecule has 8 nitrogen and oxygen atoms in total. The maximum Gasteiger partial charge on any atom is 0.270 e. The third-order valence-electron chi connectivity index (χ3n) is 7.67. The van der Waals surface area contributed by atoms with E-state index in [1.165, 1.54) is 0 Å². The molecule has 0 saturated heterocycles. The molecule has 2 unspecified atom stereocenters. The van der Waals surface area contributed by atoms with Crippen LogP contribution in [-0.2, 0) is 10.3 Å². The summed E-state index contributed by atoms with van der Waals surface area (Å²) in [6.45, 7) is 1.95. The average Bonchev–Trinajstić information content (AvgIpc) is 3.29. The number of amides is 1. The van der Waals surface area contributed by atoms with E-state index in [9.17, 15) is 9.90 Å². The highest BCUT2D eigenvalue weighted by Gasteiger charge is 2.62. The summed E-state index contributed by atoms with van der Waals surface area (Å²) < 4.78 is 1.89. The lowest BCUT2D eigenvalue weighted by atomic mass is 9.46. The molecule has 4 aliphatic rings. The lowest BCUT2D eigenvalue weighted by Gasteiger charge is -2.60. The zero-order valence-corrected chi connectivity index (χ0v) is 17.9. The Morgan fingerprint density at radius 1 is 1.29 bits per heavy atom. The van der Waals surface area contributed by atoms with Gasteiger partial charge in [0.05, 0.1) is 16.5 Å². The highest BCUT2D eigenvalue weighted by atomic mass is 35.5. The number of carbonyl (C=O) groups excluding carboxylic acids is 1. The first-order chi connectivity index (χ1) is 14.9. The first-order valence-corrected chi connectivity index (χ1v) is 11.1. The van der Waals surface area contributed by atoms with E-state index in [0.29, 0.717) is 23.9 Å². The van der Waals surface area contributed by atoms with Crippen molar-refractivity contribution < 1.29 is 9.90 Å². The van der Waals surface area contributed by atoms with Crippen LogP contribution in [0.5, 0.6) is 5.88 Å². The van der Waals surface area contributed by atoms with Crippen molar-refractivity contribution >= 4 is 34.1 Å². The van der Waals surface area contributed by atoms with Gasteiger partial charge in [-0.15, -0.1) is 15.3 Å². The minimum Gasteiger partial charge on any atom is -0.493 e. The van der Waals surface area contributed by atoms with Crippen molar-refractivity contribution in [3.8, 4) is 5.88 Å². The number of hydrogen-bond acceptors (Lipinski definition) is 5. The number of nitrogens with one attached hydrogen (secondary N) is 1. The van der Waals surface area contributed by atoms with Gasteiger partial charge in [0.1, 0.15) is 6.33 Å². The normalized spacial score (nSPS) is 31.8. The molecule has 4 atom stereocenters. The molecule has 4 fully saturated rings. The predicted molar refractivity (Wildman–Crippen MR) is 114 cm³/mol.